The Morgan fingerprint density at radius 2 is 1.93 bits per heavy atom. The number of benzene rings is 1. The standard InChI is InChI=1S/C23H25F2N5/c1-15-10-16(26)14-30(13-15)22-8-9-27-12-21(22)28-11-17-6-7-20(25)23(29-17)18-4-2-3-5-19(18)24/h2-9,12,15-16,28H,10-11,13-14,26H2,1H3. The molecule has 2 unspecified atom stereocenters. The molecule has 0 amide bonds. The van der Waals surface area contributed by atoms with Crippen molar-refractivity contribution in [3.05, 3.63) is 72.2 Å². The summed E-state index contributed by atoms with van der Waals surface area (Å²) in [6.07, 6.45) is 4.54. The Labute approximate surface area is 175 Å². The Morgan fingerprint density at radius 1 is 1.10 bits per heavy atom. The van der Waals surface area contributed by atoms with Gasteiger partial charge >= 0.3 is 0 Å². The Hall–Kier alpha value is -3.06. The van der Waals surface area contributed by atoms with Crippen LogP contribution in [0.2, 0.25) is 0 Å². The van der Waals surface area contributed by atoms with E-state index in [-0.39, 0.29) is 17.3 Å². The van der Waals surface area contributed by atoms with Gasteiger partial charge in [0.05, 0.1) is 29.8 Å². The molecule has 4 rings (SSSR count). The fourth-order valence-electron chi connectivity index (χ4n) is 4.00. The topological polar surface area (TPSA) is 67.1 Å². The highest BCUT2D eigenvalue weighted by atomic mass is 19.1. The molecule has 3 N–H and O–H groups in total. The van der Waals surface area contributed by atoms with Gasteiger partial charge in [-0.25, -0.2) is 13.8 Å². The van der Waals surface area contributed by atoms with Gasteiger partial charge in [-0.15, -0.1) is 0 Å². The molecule has 156 valence electrons. The van der Waals surface area contributed by atoms with Crippen molar-refractivity contribution in [2.45, 2.75) is 25.9 Å². The molecular weight excluding hydrogens is 384 g/mol. The predicted octanol–water partition coefficient (Wildman–Crippen LogP) is 4.21. The van der Waals surface area contributed by atoms with E-state index in [0.717, 1.165) is 30.9 Å². The molecule has 1 saturated heterocycles. The lowest BCUT2D eigenvalue weighted by atomic mass is 9.96. The van der Waals surface area contributed by atoms with E-state index in [1.165, 1.54) is 18.2 Å². The van der Waals surface area contributed by atoms with Gasteiger partial charge in [0.25, 0.3) is 0 Å². The van der Waals surface area contributed by atoms with Crippen molar-refractivity contribution in [1.82, 2.24) is 9.97 Å². The highest BCUT2D eigenvalue weighted by molar-refractivity contribution is 5.69. The number of nitrogens with two attached hydrogens (primary N) is 1. The van der Waals surface area contributed by atoms with Crippen LogP contribution < -0.4 is 16.0 Å². The largest absolute Gasteiger partial charge is 0.376 e. The molecule has 3 aromatic rings. The van der Waals surface area contributed by atoms with Crippen LogP contribution in [-0.4, -0.2) is 29.1 Å². The Bertz CT molecular complexity index is 1020. The molecule has 5 nitrogen and oxygen atoms in total. The van der Waals surface area contributed by atoms with Gasteiger partial charge in [0.15, 0.2) is 0 Å². The quantitative estimate of drug-likeness (QED) is 0.661. The summed E-state index contributed by atoms with van der Waals surface area (Å²) in [6, 6.07) is 11.1. The number of pyridine rings is 2. The molecule has 1 fully saturated rings. The Balaban J connectivity index is 1.55. The van der Waals surface area contributed by atoms with E-state index in [1.807, 2.05) is 6.07 Å². The molecule has 7 heteroatoms. The number of anilines is 2. The summed E-state index contributed by atoms with van der Waals surface area (Å²) >= 11 is 0. The number of nitrogens with one attached hydrogen (secondary N) is 1. The average molecular weight is 409 g/mol. The minimum Gasteiger partial charge on any atom is -0.376 e. The van der Waals surface area contributed by atoms with Crippen molar-refractivity contribution in [1.29, 1.82) is 0 Å². The van der Waals surface area contributed by atoms with Crippen LogP contribution in [-0.2, 0) is 6.54 Å². The van der Waals surface area contributed by atoms with E-state index in [9.17, 15) is 8.78 Å². The maximum atomic E-state index is 14.3. The lowest BCUT2D eigenvalue weighted by molar-refractivity contribution is 0.402. The van der Waals surface area contributed by atoms with Gasteiger partial charge < -0.3 is 16.0 Å². The van der Waals surface area contributed by atoms with Gasteiger partial charge in [-0.2, -0.15) is 0 Å². The summed E-state index contributed by atoms with van der Waals surface area (Å²) in [5.74, 6) is -0.543. The molecule has 0 spiro atoms. The van der Waals surface area contributed by atoms with E-state index < -0.39 is 11.6 Å². The maximum Gasteiger partial charge on any atom is 0.149 e. The third-order valence-electron chi connectivity index (χ3n) is 5.32. The number of halogens is 2. The minimum atomic E-state index is -0.554. The lowest BCUT2D eigenvalue weighted by Gasteiger charge is -2.37. The zero-order chi connectivity index (χ0) is 21.1. The summed E-state index contributed by atoms with van der Waals surface area (Å²) in [5, 5.41) is 3.35. The second-order valence-electron chi connectivity index (χ2n) is 7.87. The molecule has 30 heavy (non-hydrogen) atoms. The van der Waals surface area contributed by atoms with Crippen LogP contribution >= 0.6 is 0 Å². The van der Waals surface area contributed by atoms with Crippen molar-refractivity contribution >= 4 is 11.4 Å². The van der Waals surface area contributed by atoms with Crippen molar-refractivity contribution in [3.8, 4) is 11.3 Å². The fourth-order valence-corrected chi connectivity index (χ4v) is 4.00. The molecule has 0 radical (unpaired) electrons. The van der Waals surface area contributed by atoms with Gasteiger partial charge in [-0.05, 0) is 42.7 Å². The van der Waals surface area contributed by atoms with Crippen LogP contribution in [0.4, 0.5) is 20.2 Å². The van der Waals surface area contributed by atoms with Gasteiger partial charge in [0.2, 0.25) is 0 Å². The van der Waals surface area contributed by atoms with Gasteiger partial charge in [-0.3, -0.25) is 4.98 Å². The van der Waals surface area contributed by atoms with Crippen LogP contribution in [0.15, 0.2) is 54.9 Å². The molecule has 0 saturated carbocycles. The molecule has 2 atom stereocenters. The first kappa shape index (κ1) is 20.2. The van der Waals surface area contributed by atoms with Gasteiger partial charge in [-0.1, -0.05) is 19.1 Å². The summed E-state index contributed by atoms with van der Waals surface area (Å²) in [7, 11) is 0. The zero-order valence-corrected chi connectivity index (χ0v) is 16.9. The number of aromatic nitrogens is 2. The first-order valence-corrected chi connectivity index (χ1v) is 10.1. The fraction of sp³-hybridized carbons (Fsp3) is 0.304. The van der Waals surface area contributed by atoms with Crippen LogP contribution in [0.5, 0.6) is 0 Å². The first-order chi connectivity index (χ1) is 14.5. The number of piperidine rings is 1. The molecule has 2 aromatic heterocycles. The third-order valence-corrected chi connectivity index (χ3v) is 5.32. The van der Waals surface area contributed by atoms with Crippen LogP contribution in [0.1, 0.15) is 19.0 Å². The summed E-state index contributed by atoms with van der Waals surface area (Å²) < 4.78 is 28.4. The van der Waals surface area contributed by atoms with Crippen molar-refractivity contribution < 1.29 is 8.78 Å². The first-order valence-electron chi connectivity index (χ1n) is 10.1. The highest BCUT2D eigenvalue weighted by Gasteiger charge is 2.24. The predicted molar refractivity (Wildman–Crippen MR) is 115 cm³/mol. The van der Waals surface area contributed by atoms with Crippen molar-refractivity contribution in [2.24, 2.45) is 11.7 Å². The van der Waals surface area contributed by atoms with E-state index in [0.29, 0.717) is 18.2 Å². The number of hydrogen-bond acceptors (Lipinski definition) is 5. The second kappa shape index (κ2) is 8.75. The molecule has 3 heterocycles. The SMILES string of the molecule is CC1CC(N)CN(c2ccncc2NCc2ccc(F)c(-c3ccccc3F)n2)C1. The molecule has 0 aliphatic carbocycles. The summed E-state index contributed by atoms with van der Waals surface area (Å²) in [6.45, 7) is 4.27. The van der Waals surface area contributed by atoms with E-state index in [1.54, 1.807) is 30.6 Å². The number of nitrogens with zero attached hydrogens (tertiary/aromatic N) is 3. The van der Waals surface area contributed by atoms with Gasteiger partial charge in [0, 0.05) is 30.9 Å². The lowest BCUT2D eigenvalue weighted by Crippen LogP contribution is -2.46. The smallest absolute Gasteiger partial charge is 0.149 e. The van der Waals surface area contributed by atoms with E-state index in [2.05, 4.69) is 27.1 Å². The molecular formula is C23H25F2N5. The van der Waals surface area contributed by atoms with Gasteiger partial charge in [0.1, 0.15) is 17.3 Å². The Morgan fingerprint density at radius 3 is 2.73 bits per heavy atom. The minimum absolute atomic E-state index is 0.00893. The average Bonchev–Trinajstić information content (AvgIpc) is 2.73. The van der Waals surface area contributed by atoms with Crippen LogP contribution in [0.3, 0.4) is 0 Å². The number of hydrogen-bond donors (Lipinski definition) is 2. The van der Waals surface area contributed by atoms with Crippen LogP contribution in [0, 0.1) is 17.6 Å². The van der Waals surface area contributed by atoms with Crippen LogP contribution in [0.25, 0.3) is 11.3 Å². The van der Waals surface area contributed by atoms with Crippen molar-refractivity contribution in [3.63, 3.8) is 0 Å². The second-order valence-corrected chi connectivity index (χ2v) is 7.87. The highest BCUT2D eigenvalue weighted by Crippen LogP contribution is 2.29. The molecule has 1 aromatic carbocycles. The maximum absolute atomic E-state index is 14.3. The number of rotatable bonds is 5. The van der Waals surface area contributed by atoms with Crippen molar-refractivity contribution in [2.75, 3.05) is 23.3 Å². The monoisotopic (exact) mass is 409 g/mol. The third kappa shape index (κ3) is 4.41. The molecule has 1 aliphatic heterocycles. The normalized spacial score (nSPS) is 19.0. The summed E-state index contributed by atoms with van der Waals surface area (Å²) in [4.78, 5) is 10.9. The van der Waals surface area contributed by atoms with E-state index in [4.69, 9.17) is 5.73 Å². The molecule has 1 aliphatic rings. The zero-order valence-electron chi connectivity index (χ0n) is 16.9. The Kier molecular flexibility index (Phi) is 5.90. The van der Waals surface area contributed by atoms with E-state index >= 15 is 0 Å². The summed E-state index contributed by atoms with van der Waals surface area (Å²) in [5.41, 5.74) is 8.86. The molecule has 0 bridgehead atoms.